The number of nitrogens with zero attached hydrogens (tertiary/aromatic N) is 1. The van der Waals surface area contributed by atoms with E-state index in [1.807, 2.05) is 6.92 Å². The molecule has 0 bridgehead atoms. The lowest BCUT2D eigenvalue weighted by molar-refractivity contribution is -0.122. The fourth-order valence-electron chi connectivity index (χ4n) is 3.19. The summed E-state index contributed by atoms with van der Waals surface area (Å²) < 4.78 is 33.1. The highest BCUT2D eigenvalue weighted by atomic mass is 32.2. The van der Waals surface area contributed by atoms with Crippen LogP contribution in [0.3, 0.4) is 0 Å². The molecule has 0 aliphatic carbocycles. The molecule has 2 amide bonds. The van der Waals surface area contributed by atoms with E-state index in [2.05, 4.69) is 10.6 Å². The van der Waals surface area contributed by atoms with Crippen molar-refractivity contribution in [1.82, 2.24) is 14.9 Å². The molecule has 1 fully saturated rings. The normalized spacial score (nSPS) is 16.5. The van der Waals surface area contributed by atoms with Crippen molar-refractivity contribution in [1.29, 1.82) is 0 Å². The van der Waals surface area contributed by atoms with E-state index in [0.717, 1.165) is 32.1 Å². The Bertz CT molecular complexity index is 817. The Morgan fingerprint density at radius 3 is 2.41 bits per heavy atom. The van der Waals surface area contributed by atoms with Crippen LogP contribution in [0.2, 0.25) is 0 Å². The van der Waals surface area contributed by atoms with E-state index in [-0.39, 0.29) is 22.1 Å². The highest BCUT2D eigenvalue weighted by Crippen LogP contribution is 2.29. The number of carbonyl (C=O) groups excluding carboxylic acids is 2. The van der Waals surface area contributed by atoms with E-state index < -0.39 is 22.0 Å². The number of methoxy groups -OCH3 is 1. The number of hydrogen-bond donors (Lipinski definition) is 2. The molecule has 2 N–H and O–H groups in total. The van der Waals surface area contributed by atoms with E-state index in [0.29, 0.717) is 19.6 Å². The zero-order valence-corrected chi connectivity index (χ0v) is 18.2. The van der Waals surface area contributed by atoms with Gasteiger partial charge in [-0.15, -0.1) is 0 Å². The topological polar surface area (TPSA) is 105 Å². The monoisotopic (exact) mass is 425 g/mol. The van der Waals surface area contributed by atoms with Crippen LogP contribution >= 0.6 is 0 Å². The number of hydrogen-bond acceptors (Lipinski definition) is 5. The van der Waals surface area contributed by atoms with Crippen LogP contribution in [0.1, 0.15) is 56.3 Å². The summed E-state index contributed by atoms with van der Waals surface area (Å²) in [5, 5.41) is 5.33. The fourth-order valence-corrected chi connectivity index (χ4v) is 4.89. The van der Waals surface area contributed by atoms with E-state index in [1.165, 1.54) is 29.6 Å². The maximum absolute atomic E-state index is 13.2. The molecule has 8 nitrogen and oxygen atoms in total. The largest absolute Gasteiger partial charge is 0.495 e. The molecule has 1 unspecified atom stereocenters. The molecule has 1 aromatic rings. The first-order valence-corrected chi connectivity index (χ1v) is 11.5. The van der Waals surface area contributed by atoms with Crippen molar-refractivity contribution >= 4 is 21.8 Å². The van der Waals surface area contributed by atoms with Gasteiger partial charge in [0.2, 0.25) is 15.9 Å². The molecular formula is C20H31N3O5S. The maximum Gasteiger partial charge on any atom is 0.251 e. The van der Waals surface area contributed by atoms with Crippen molar-refractivity contribution in [3.8, 4) is 5.75 Å². The van der Waals surface area contributed by atoms with Crippen molar-refractivity contribution in [2.75, 3.05) is 26.7 Å². The van der Waals surface area contributed by atoms with E-state index in [4.69, 9.17) is 4.74 Å². The second kappa shape index (κ2) is 10.6. The summed E-state index contributed by atoms with van der Waals surface area (Å²) in [5.74, 6) is -0.607. The molecule has 1 aromatic carbocycles. The molecule has 1 aliphatic rings. The van der Waals surface area contributed by atoms with Crippen molar-refractivity contribution < 1.29 is 22.7 Å². The first-order valence-electron chi connectivity index (χ1n) is 10.1. The average Bonchev–Trinajstić information content (AvgIpc) is 3.01. The smallest absolute Gasteiger partial charge is 0.251 e. The summed E-state index contributed by atoms with van der Waals surface area (Å²) in [5.41, 5.74) is 0.161. The van der Waals surface area contributed by atoms with Crippen LogP contribution in [0.5, 0.6) is 5.75 Å². The van der Waals surface area contributed by atoms with Crippen LogP contribution in [0.15, 0.2) is 23.1 Å². The maximum atomic E-state index is 13.2. The van der Waals surface area contributed by atoms with Gasteiger partial charge in [-0.25, -0.2) is 8.42 Å². The number of nitrogens with one attached hydrogen (secondary N) is 2. The van der Waals surface area contributed by atoms with Crippen LogP contribution < -0.4 is 15.4 Å². The minimum absolute atomic E-state index is 0.0300. The lowest BCUT2D eigenvalue weighted by Gasteiger charge is -2.22. The first kappa shape index (κ1) is 23.2. The third kappa shape index (κ3) is 5.93. The predicted octanol–water partition coefficient (Wildman–Crippen LogP) is 1.90. The number of amides is 2. The third-order valence-electron chi connectivity index (χ3n) is 4.90. The zero-order chi connectivity index (χ0) is 21.4. The molecule has 0 spiro atoms. The Morgan fingerprint density at radius 2 is 1.83 bits per heavy atom. The van der Waals surface area contributed by atoms with Crippen LogP contribution in [0, 0.1) is 0 Å². The molecule has 0 aromatic heterocycles. The van der Waals surface area contributed by atoms with Gasteiger partial charge in [-0.1, -0.05) is 19.8 Å². The van der Waals surface area contributed by atoms with Gasteiger partial charge in [-0.3, -0.25) is 9.59 Å². The predicted molar refractivity (Wildman–Crippen MR) is 110 cm³/mol. The fraction of sp³-hybridized carbons (Fsp3) is 0.600. The number of benzene rings is 1. The summed E-state index contributed by atoms with van der Waals surface area (Å²) in [7, 11) is -2.39. The average molecular weight is 426 g/mol. The van der Waals surface area contributed by atoms with Crippen molar-refractivity contribution in [2.45, 2.75) is 56.9 Å². The van der Waals surface area contributed by atoms with Crippen LogP contribution in [0.4, 0.5) is 0 Å². The molecule has 162 valence electrons. The van der Waals surface area contributed by atoms with Crippen molar-refractivity contribution in [3.05, 3.63) is 23.8 Å². The molecule has 0 radical (unpaired) electrons. The van der Waals surface area contributed by atoms with Crippen LogP contribution in [-0.4, -0.2) is 57.3 Å². The van der Waals surface area contributed by atoms with Gasteiger partial charge in [-0.2, -0.15) is 4.31 Å². The minimum Gasteiger partial charge on any atom is -0.495 e. The summed E-state index contributed by atoms with van der Waals surface area (Å²) in [4.78, 5) is 24.6. The van der Waals surface area contributed by atoms with Gasteiger partial charge >= 0.3 is 0 Å². The summed E-state index contributed by atoms with van der Waals surface area (Å²) >= 11 is 0. The molecule has 1 saturated heterocycles. The summed E-state index contributed by atoms with van der Waals surface area (Å²) in [6, 6.07) is 3.56. The number of ether oxygens (including phenoxy) is 1. The molecule has 1 aliphatic heterocycles. The highest BCUT2D eigenvalue weighted by Gasteiger charge is 2.29. The standard InChI is InChI=1S/C20H31N3O5S/c1-4-11-21-19(24)15(2)22-20(25)16-9-10-17(28-3)18(14-16)29(26,27)23-12-7-5-6-8-13-23/h9-10,14-15H,4-8,11-13H2,1-3H3,(H,21,24)(H,22,25). The molecular weight excluding hydrogens is 394 g/mol. The minimum atomic E-state index is -3.79. The van der Waals surface area contributed by atoms with Gasteiger partial charge in [0.05, 0.1) is 7.11 Å². The van der Waals surface area contributed by atoms with E-state index in [9.17, 15) is 18.0 Å². The number of rotatable bonds is 8. The number of carbonyl (C=O) groups is 2. The summed E-state index contributed by atoms with van der Waals surface area (Å²) in [6.45, 7) is 4.96. The van der Waals surface area contributed by atoms with Gasteiger partial charge < -0.3 is 15.4 Å². The van der Waals surface area contributed by atoms with Crippen molar-refractivity contribution in [3.63, 3.8) is 0 Å². The quantitative estimate of drug-likeness (QED) is 0.662. The second-order valence-electron chi connectivity index (χ2n) is 7.17. The second-order valence-corrected chi connectivity index (χ2v) is 9.08. The Balaban J connectivity index is 2.25. The Labute approximate surface area is 173 Å². The third-order valence-corrected chi connectivity index (χ3v) is 6.82. The summed E-state index contributed by atoms with van der Waals surface area (Å²) in [6.07, 6.45) is 4.42. The Hall–Kier alpha value is -2.13. The molecule has 1 heterocycles. The molecule has 0 saturated carbocycles. The highest BCUT2D eigenvalue weighted by molar-refractivity contribution is 7.89. The Morgan fingerprint density at radius 1 is 1.17 bits per heavy atom. The lowest BCUT2D eigenvalue weighted by Crippen LogP contribution is -2.45. The molecule has 1 atom stereocenters. The zero-order valence-electron chi connectivity index (χ0n) is 17.4. The SMILES string of the molecule is CCCNC(=O)C(C)NC(=O)c1ccc(OC)c(S(=O)(=O)N2CCCCCC2)c1. The molecule has 2 rings (SSSR count). The van der Waals surface area contributed by atoms with Gasteiger partial charge in [0.15, 0.2) is 0 Å². The van der Waals surface area contributed by atoms with Gasteiger partial charge in [0, 0.05) is 25.2 Å². The van der Waals surface area contributed by atoms with E-state index in [1.54, 1.807) is 6.92 Å². The lowest BCUT2D eigenvalue weighted by atomic mass is 10.2. The molecule has 9 heteroatoms. The van der Waals surface area contributed by atoms with Gasteiger partial charge in [-0.05, 0) is 44.4 Å². The number of sulfonamides is 1. The van der Waals surface area contributed by atoms with Crippen LogP contribution in [0.25, 0.3) is 0 Å². The van der Waals surface area contributed by atoms with Crippen LogP contribution in [-0.2, 0) is 14.8 Å². The van der Waals surface area contributed by atoms with E-state index >= 15 is 0 Å². The first-order chi connectivity index (χ1) is 13.8. The van der Waals surface area contributed by atoms with Crippen molar-refractivity contribution in [2.24, 2.45) is 0 Å². The van der Waals surface area contributed by atoms with Gasteiger partial charge in [0.1, 0.15) is 16.7 Å². The molecule has 29 heavy (non-hydrogen) atoms. The Kier molecular flexibility index (Phi) is 8.45. The van der Waals surface area contributed by atoms with Gasteiger partial charge in [0.25, 0.3) is 5.91 Å².